The highest BCUT2D eigenvalue weighted by Gasteiger charge is 2.03. The molecule has 0 heterocycles. The molecule has 33 heavy (non-hydrogen) atoms. The standard InChI is InChI=1S/C28H39ClN2O2/c1-2-3-4-5-6-7-8-9-10-11-12-17-28(32)31-30-22-25-15-13-14-16-27(25)33-23-24-18-20-26(29)21-19-24/h13-16,18-22H,2-12,17,23H2,1H3,(H,31,32)/b30-22-. The van der Waals surface area contributed by atoms with Crippen molar-refractivity contribution in [3.8, 4) is 5.75 Å². The lowest BCUT2D eigenvalue weighted by Gasteiger charge is -2.09. The molecule has 5 heteroatoms. The SMILES string of the molecule is CCCCCCCCCCCCCC(=O)N/N=C\c1ccccc1OCc1ccc(Cl)cc1. The van der Waals surface area contributed by atoms with Gasteiger partial charge in [0.25, 0.3) is 0 Å². The van der Waals surface area contributed by atoms with Crippen LogP contribution in [0.5, 0.6) is 5.75 Å². The smallest absolute Gasteiger partial charge is 0.240 e. The molecule has 0 aliphatic carbocycles. The van der Waals surface area contributed by atoms with Crippen molar-refractivity contribution >= 4 is 23.7 Å². The first kappa shape index (κ1) is 26.9. The van der Waals surface area contributed by atoms with Crippen LogP contribution in [0.25, 0.3) is 0 Å². The summed E-state index contributed by atoms with van der Waals surface area (Å²) in [6.45, 7) is 2.69. The van der Waals surface area contributed by atoms with Gasteiger partial charge in [-0.15, -0.1) is 0 Å². The Morgan fingerprint density at radius 3 is 2.15 bits per heavy atom. The van der Waals surface area contributed by atoms with Gasteiger partial charge in [0.15, 0.2) is 0 Å². The van der Waals surface area contributed by atoms with Gasteiger partial charge in [0.05, 0.1) is 6.21 Å². The number of ether oxygens (including phenoxy) is 1. The highest BCUT2D eigenvalue weighted by atomic mass is 35.5. The van der Waals surface area contributed by atoms with E-state index in [1.165, 1.54) is 57.8 Å². The molecule has 4 nitrogen and oxygen atoms in total. The molecule has 0 bridgehead atoms. The van der Waals surface area contributed by atoms with Crippen LogP contribution < -0.4 is 10.2 Å². The van der Waals surface area contributed by atoms with Gasteiger partial charge >= 0.3 is 0 Å². The van der Waals surface area contributed by atoms with Crippen molar-refractivity contribution in [3.63, 3.8) is 0 Å². The number of hydrogen-bond acceptors (Lipinski definition) is 3. The molecule has 0 spiro atoms. The number of halogens is 1. The number of para-hydroxylation sites is 1. The maximum Gasteiger partial charge on any atom is 0.240 e. The average Bonchev–Trinajstić information content (AvgIpc) is 2.83. The first-order valence-corrected chi connectivity index (χ1v) is 12.8. The number of nitrogens with zero attached hydrogens (tertiary/aromatic N) is 1. The van der Waals surface area contributed by atoms with Gasteiger partial charge in [-0.1, -0.05) is 107 Å². The second-order valence-electron chi connectivity index (χ2n) is 8.53. The Balaban J connectivity index is 1.58. The van der Waals surface area contributed by atoms with E-state index >= 15 is 0 Å². The van der Waals surface area contributed by atoms with Crippen LogP contribution in [-0.2, 0) is 11.4 Å². The fraction of sp³-hybridized carbons (Fsp3) is 0.500. The summed E-state index contributed by atoms with van der Waals surface area (Å²) < 4.78 is 5.92. The van der Waals surface area contributed by atoms with Crippen molar-refractivity contribution in [1.29, 1.82) is 0 Å². The Labute approximate surface area is 204 Å². The molecule has 2 aromatic rings. The van der Waals surface area contributed by atoms with Gasteiger partial charge in [-0.3, -0.25) is 4.79 Å². The first-order chi connectivity index (χ1) is 16.2. The minimum atomic E-state index is -0.0401. The van der Waals surface area contributed by atoms with Gasteiger partial charge < -0.3 is 4.74 Å². The van der Waals surface area contributed by atoms with E-state index < -0.39 is 0 Å². The first-order valence-electron chi connectivity index (χ1n) is 12.5. The number of hydrogen-bond donors (Lipinski definition) is 1. The van der Waals surface area contributed by atoms with Gasteiger partial charge in [0, 0.05) is 17.0 Å². The predicted octanol–water partition coefficient (Wildman–Crippen LogP) is 8.07. The Morgan fingerprint density at radius 1 is 0.879 bits per heavy atom. The minimum Gasteiger partial charge on any atom is -0.488 e. The van der Waals surface area contributed by atoms with Crippen LogP contribution in [0.1, 0.15) is 95.1 Å². The second kappa shape index (κ2) is 17.2. The van der Waals surface area contributed by atoms with Crippen molar-refractivity contribution in [2.75, 3.05) is 0 Å². The zero-order valence-corrected chi connectivity index (χ0v) is 20.8. The zero-order chi connectivity index (χ0) is 23.6. The summed E-state index contributed by atoms with van der Waals surface area (Å²) in [5.74, 6) is 0.678. The fourth-order valence-electron chi connectivity index (χ4n) is 3.64. The van der Waals surface area contributed by atoms with E-state index in [0.717, 1.165) is 29.7 Å². The Bertz CT molecular complexity index is 821. The summed E-state index contributed by atoms with van der Waals surface area (Å²) in [5, 5.41) is 4.82. The summed E-state index contributed by atoms with van der Waals surface area (Å²) in [7, 11) is 0. The predicted molar refractivity (Wildman–Crippen MR) is 139 cm³/mol. The lowest BCUT2D eigenvalue weighted by atomic mass is 10.1. The summed E-state index contributed by atoms with van der Waals surface area (Å²) in [6.07, 6.45) is 16.2. The van der Waals surface area contributed by atoms with Crippen molar-refractivity contribution in [1.82, 2.24) is 5.43 Å². The van der Waals surface area contributed by atoms with Crippen LogP contribution in [-0.4, -0.2) is 12.1 Å². The van der Waals surface area contributed by atoms with Crippen molar-refractivity contribution < 1.29 is 9.53 Å². The number of carbonyl (C=O) groups is 1. The number of benzene rings is 2. The number of unbranched alkanes of at least 4 members (excludes halogenated alkanes) is 10. The molecule has 1 amide bonds. The van der Waals surface area contributed by atoms with E-state index in [2.05, 4.69) is 17.5 Å². The van der Waals surface area contributed by atoms with Crippen molar-refractivity contribution in [3.05, 3.63) is 64.7 Å². The number of hydrazone groups is 1. The molecule has 0 aromatic heterocycles. The lowest BCUT2D eigenvalue weighted by Crippen LogP contribution is -2.17. The minimum absolute atomic E-state index is 0.0401. The molecule has 0 radical (unpaired) electrons. The number of carbonyl (C=O) groups excluding carboxylic acids is 1. The highest BCUT2D eigenvalue weighted by molar-refractivity contribution is 6.30. The zero-order valence-electron chi connectivity index (χ0n) is 20.0. The molecule has 1 N–H and O–H groups in total. The van der Waals surface area contributed by atoms with E-state index in [9.17, 15) is 4.79 Å². The summed E-state index contributed by atoms with van der Waals surface area (Å²) >= 11 is 5.93. The van der Waals surface area contributed by atoms with Gasteiger partial charge in [-0.05, 0) is 36.2 Å². The Morgan fingerprint density at radius 2 is 1.48 bits per heavy atom. The second-order valence-corrected chi connectivity index (χ2v) is 8.97. The van der Waals surface area contributed by atoms with E-state index in [4.69, 9.17) is 16.3 Å². The van der Waals surface area contributed by atoms with Gasteiger partial charge in [-0.2, -0.15) is 5.10 Å². The monoisotopic (exact) mass is 470 g/mol. The van der Waals surface area contributed by atoms with Gasteiger partial charge in [0.1, 0.15) is 12.4 Å². The molecule has 2 rings (SSSR count). The van der Waals surface area contributed by atoms with Crippen LogP contribution in [0.4, 0.5) is 0 Å². The molecule has 180 valence electrons. The van der Waals surface area contributed by atoms with Crippen LogP contribution >= 0.6 is 11.6 Å². The van der Waals surface area contributed by atoms with E-state index in [1.807, 2.05) is 48.5 Å². The Kier molecular flexibility index (Phi) is 14.0. The maximum atomic E-state index is 12.0. The fourth-order valence-corrected chi connectivity index (χ4v) is 3.77. The third-order valence-corrected chi connectivity index (χ3v) is 5.88. The quantitative estimate of drug-likeness (QED) is 0.144. The number of rotatable bonds is 17. The summed E-state index contributed by atoms with van der Waals surface area (Å²) in [5.41, 5.74) is 4.49. The largest absolute Gasteiger partial charge is 0.488 e. The van der Waals surface area contributed by atoms with E-state index in [0.29, 0.717) is 18.1 Å². The van der Waals surface area contributed by atoms with Gasteiger partial charge in [-0.25, -0.2) is 5.43 Å². The molecule has 0 aliphatic heterocycles. The molecular weight excluding hydrogens is 432 g/mol. The highest BCUT2D eigenvalue weighted by Crippen LogP contribution is 2.18. The normalized spacial score (nSPS) is 11.1. The summed E-state index contributed by atoms with van der Waals surface area (Å²) in [4.78, 5) is 12.0. The molecule has 0 aliphatic rings. The molecule has 0 atom stereocenters. The molecule has 0 fully saturated rings. The molecular formula is C28H39ClN2O2. The molecule has 0 unspecified atom stereocenters. The van der Waals surface area contributed by atoms with Crippen LogP contribution in [0.2, 0.25) is 5.02 Å². The molecule has 0 saturated carbocycles. The number of nitrogens with one attached hydrogen (secondary N) is 1. The van der Waals surface area contributed by atoms with E-state index in [-0.39, 0.29) is 5.91 Å². The average molecular weight is 471 g/mol. The lowest BCUT2D eigenvalue weighted by molar-refractivity contribution is -0.121. The maximum absolute atomic E-state index is 12.0. The summed E-state index contributed by atoms with van der Waals surface area (Å²) in [6, 6.07) is 15.2. The van der Waals surface area contributed by atoms with Crippen LogP contribution in [0.3, 0.4) is 0 Å². The third-order valence-electron chi connectivity index (χ3n) is 5.63. The Hall–Kier alpha value is -2.33. The molecule has 2 aromatic carbocycles. The van der Waals surface area contributed by atoms with Crippen LogP contribution in [0.15, 0.2) is 53.6 Å². The van der Waals surface area contributed by atoms with Gasteiger partial charge in [0.2, 0.25) is 5.91 Å². The van der Waals surface area contributed by atoms with Crippen molar-refractivity contribution in [2.45, 2.75) is 90.6 Å². The van der Waals surface area contributed by atoms with Crippen LogP contribution in [0, 0.1) is 0 Å². The number of amides is 1. The third kappa shape index (κ3) is 12.5. The van der Waals surface area contributed by atoms with Crippen molar-refractivity contribution in [2.24, 2.45) is 5.10 Å². The molecule has 0 saturated heterocycles. The topological polar surface area (TPSA) is 50.7 Å². The van der Waals surface area contributed by atoms with E-state index in [1.54, 1.807) is 6.21 Å².